The largest absolute Gasteiger partial charge is 0.462 e. The second-order valence-electron chi connectivity index (χ2n) is 3.78. The molecule has 4 heteroatoms. The summed E-state index contributed by atoms with van der Waals surface area (Å²) in [6.45, 7) is 2.79. The number of furan rings is 1. The highest BCUT2D eigenvalue weighted by molar-refractivity contribution is 5.05. The molecule has 1 aromatic rings. The molecule has 1 rings (SSSR count). The third-order valence-electron chi connectivity index (χ3n) is 2.06. The molecule has 0 saturated carbocycles. The molecule has 86 valence electrons. The maximum atomic E-state index is 5.47. The van der Waals surface area contributed by atoms with Gasteiger partial charge in [0.1, 0.15) is 18.1 Å². The van der Waals surface area contributed by atoms with Gasteiger partial charge in [-0.05, 0) is 39.2 Å². The normalized spacial score (nSPS) is 11.2. The first-order valence-corrected chi connectivity index (χ1v) is 5.22. The third-order valence-corrected chi connectivity index (χ3v) is 2.06. The molecule has 2 N–H and O–H groups in total. The Morgan fingerprint density at radius 3 is 2.67 bits per heavy atom. The van der Waals surface area contributed by atoms with Crippen LogP contribution < -0.4 is 5.73 Å². The highest BCUT2D eigenvalue weighted by Crippen LogP contribution is 2.08. The molecule has 0 amide bonds. The quantitative estimate of drug-likeness (QED) is 0.690. The highest BCUT2D eigenvalue weighted by atomic mass is 16.5. The van der Waals surface area contributed by atoms with Crippen LogP contribution in [-0.4, -0.2) is 32.1 Å². The zero-order valence-corrected chi connectivity index (χ0v) is 9.53. The van der Waals surface area contributed by atoms with Crippen molar-refractivity contribution in [3.63, 3.8) is 0 Å². The Morgan fingerprint density at radius 1 is 1.33 bits per heavy atom. The Balaban J connectivity index is 2.09. The van der Waals surface area contributed by atoms with Gasteiger partial charge in [0.15, 0.2) is 0 Å². The van der Waals surface area contributed by atoms with E-state index in [0.717, 1.165) is 31.1 Å². The third kappa shape index (κ3) is 4.97. The van der Waals surface area contributed by atoms with Crippen LogP contribution in [0.4, 0.5) is 0 Å². The molecule has 15 heavy (non-hydrogen) atoms. The smallest absolute Gasteiger partial charge is 0.129 e. The zero-order valence-electron chi connectivity index (χ0n) is 9.53. The Labute approximate surface area is 91.0 Å². The topological polar surface area (TPSA) is 51.6 Å². The predicted molar refractivity (Wildman–Crippen MR) is 59.4 cm³/mol. The molecule has 4 nitrogen and oxygen atoms in total. The Bertz CT molecular complexity index is 271. The average Bonchev–Trinajstić information content (AvgIpc) is 2.65. The number of nitrogens with two attached hydrogens (primary N) is 1. The van der Waals surface area contributed by atoms with E-state index >= 15 is 0 Å². The minimum absolute atomic E-state index is 0.445. The van der Waals surface area contributed by atoms with E-state index in [1.54, 1.807) is 0 Å². The van der Waals surface area contributed by atoms with Crippen molar-refractivity contribution in [2.24, 2.45) is 5.73 Å². The van der Waals surface area contributed by atoms with Crippen molar-refractivity contribution >= 4 is 0 Å². The lowest BCUT2D eigenvalue weighted by Crippen LogP contribution is -2.14. The van der Waals surface area contributed by atoms with Gasteiger partial charge in [-0.25, -0.2) is 0 Å². The van der Waals surface area contributed by atoms with Crippen LogP contribution in [-0.2, 0) is 17.9 Å². The number of rotatable bonds is 7. The lowest BCUT2D eigenvalue weighted by molar-refractivity contribution is 0.0985. The van der Waals surface area contributed by atoms with E-state index in [0.29, 0.717) is 13.2 Å². The van der Waals surface area contributed by atoms with Gasteiger partial charge in [-0.2, -0.15) is 0 Å². The molecule has 0 bridgehead atoms. The van der Waals surface area contributed by atoms with Crippen molar-refractivity contribution in [2.45, 2.75) is 19.6 Å². The maximum absolute atomic E-state index is 5.47. The van der Waals surface area contributed by atoms with E-state index in [4.69, 9.17) is 14.9 Å². The van der Waals surface area contributed by atoms with Crippen molar-refractivity contribution in [3.8, 4) is 0 Å². The summed E-state index contributed by atoms with van der Waals surface area (Å²) >= 11 is 0. The van der Waals surface area contributed by atoms with Crippen LogP contribution in [0.5, 0.6) is 0 Å². The molecular weight excluding hydrogens is 192 g/mol. The molecular formula is C11H20N2O2. The fraction of sp³-hybridized carbons (Fsp3) is 0.636. The molecule has 0 aliphatic rings. The molecule has 0 atom stereocenters. The molecule has 1 aromatic heterocycles. The minimum Gasteiger partial charge on any atom is -0.462 e. The lowest BCUT2D eigenvalue weighted by Gasteiger charge is -2.08. The van der Waals surface area contributed by atoms with Gasteiger partial charge in [-0.15, -0.1) is 0 Å². The summed E-state index contributed by atoms with van der Waals surface area (Å²) in [6.07, 6.45) is 1.04. The standard InChI is InChI=1S/C11H20N2O2/c1-13(2)6-3-7-14-9-11-5-4-10(8-12)15-11/h4-5H,3,6-9,12H2,1-2H3. The van der Waals surface area contributed by atoms with Crippen LogP contribution in [0.3, 0.4) is 0 Å². The Kier molecular flexibility index (Phi) is 5.39. The van der Waals surface area contributed by atoms with E-state index < -0.39 is 0 Å². The predicted octanol–water partition coefficient (Wildman–Crippen LogP) is 1.21. The molecule has 1 heterocycles. The van der Waals surface area contributed by atoms with Gasteiger partial charge in [0, 0.05) is 6.61 Å². The van der Waals surface area contributed by atoms with Crippen molar-refractivity contribution in [2.75, 3.05) is 27.2 Å². The number of hydrogen-bond acceptors (Lipinski definition) is 4. The molecule has 0 unspecified atom stereocenters. The Morgan fingerprint density at radius 2 is 2.07 bits per heavy atom. The van der Waals surface area contributed by atoms with E-state index in [1.807, 2.05) is 12.1 Å². The van der Waals surface area contributed by atoms with Crippen LogP contribution in [0.1, 0.15) is 17.9 Å². The van der Waals surface area contributed by atoms with Gasteiger partial charge in [0.25, 0.3) is 0 Å². The van der Waals surface area contributed by atoms with Crippen molar-refractivity contribution in [1.82, 2.24) is 4.90 Å². The van der Waals surface area contributed by atoms with Crippen LogP contribution in [0.2, 0.25) is 0 Å². The van der Waals surface area contributed by atoms with Crippen LogP contribution in [0, 0.1) is 0 Å². The van der Waals surface area contributed by atoms with Gasteiger partial charge >= 0.3 is 0 Å². The fourth-order valence-corrected chi connectivity index (χ4v) is 1.27. The van der Waals surface area contributed by atoms with E-state index in [9.17, 15) is 0 Å². The van der Waals surface area contributed by atoms with Gasteiger partial charge < -0.3 is 19.8 Å². The summed E-state index contributed by atoms with van der Waals surface area (Å²) in [4.78, 5) is 2.14. The summed E-state index contributed by atoms with van der Waals surface area (Å²) in [5.74, 6) is 1.65. The molecule has 0 fully saturated rings. The van der Waals surface area contributed by atoms with Gasteiger partial charge in [-0.3, -0.25) is 0 Å². The summed E-state index contributed by atoms with van der Waals surface area (Å²) in [5.41, 5.74) is 5.43. The second-order valence-corrected chi connectivity index (χ2v) is 3.78. The lowest BCUT2D eigenvalue weighted by atomic mass is 10.4. The number of nitrogens with zero attached hydrogens (tertiary/aromatic N) is 1. The molecule has 0 aliphatic heterocycles. The molecule has 0 aromatic carbocycles. The van der Waals surface area contributed by atoms with Crippen molar-refractivity contribution in [3.05, 3.63) is 23.7 Å². The van der Waals surface area contributed by atoms with Crippen LogP contribution in [0.25, 0.3) is 0 Å². The molecule has 0 saturated heterocycles. The van der Waals surface area contributed by atoms with Crippen molar-refractivity contribution in [1.29, 1.82) is 0 Å². The molecule has 0 aliphatic carbocycles. The van der Waals surface area contributed by atoms with Gasteiger partial charge in [-0.1, -0.05) is 0 Å². The molecule has 0 spiro atoms. The van der Waals surface area contributed by atoms with Crippen LogP contribution in [0.15, 0.2) is 16.5 Å². The zero-order chi connectivity index (χ0) is 11.1. The van der Waals surface area contributed by atoms with Crippen LogP contribution >= 0.6 is 0 Å². The summed E-state index contributed by atoms with van der Waals surface area (Å²) in [5, 5.41) is 0. The minimum atomic E-state index is 0.445. The first kappa shape index (κ1) is 12.2. The fourth-order valence-electron chi connectivity index (χ4n) is 1.27. The second kappa shape index (κ2) is 6.61. The summed E-state index contributed by atoms with van der Waals surface area (Å²) < 4.78 is 10.9. The maximum Gasteiger partial charge on any atom is 0.129 e. The average molecular weight is 212 g/mol. The van der Waals surface area contributed by atoms with Crippen molar-refractivity contribution < 1.29 is 9.15 Å². The van der Waals surface area contributed by atoms with E-state index in [-0.39, 0.29) is 0 Å². The van der Waals surface area contributed by atoms with Gasteiger partial charge in [0.05, 0.1) is 6.54 Å². The first-order valence-electron chi connectivity index (χ1n) is 5.22. The molecule has 0 radical (unpaired) electrons. The van der Waals surface area contributed by atoms with E-state index in [2.05, 4.69) is 19.0 Å². The monoisotopic (exact) mass is 212 g/mol. The highest BCUT2D eigenvalue weighted by Gasteiger charge is 2.00. The van der Waals surface area contributed by atoms with E-state index in [1.165, 1.54) is 0 Å². The number of ether oxygens (including phenoxy) is 1. The summed E-state index contributed by atoms with van der Waals surface area (Å²) in [6, 6.07) is 3.80. The van der Waals surface area contributed by atoms with Gasteiger partial charge in [0.2, 0.25) is 0 Å². The summed E-state index contributed by atoms with van der Waals surface area (Å²) in [7, 11) is 4.11. The number of hydrogen-bond donors (Lipinski definition) is 1. The SMILES string of the molecule is CN(C)CCCOCc1ccc(CN)o1. The first-order chi connectivity index (χ1) is 7.22. The Hall–Kier alpha value is -0.840.